The van der Waals surface area contributed by atoms with Crippen molar-refractivity contribution in [2.75, 3.05) is 37.8 Å². The summed E-state index contributed by atoms with van der Waals surface area (Å²) in [5, 5.41) is 3.30. The van der Waals surface area contributed by atoms with Crippen molar-refractivity contribution in [3.05, 3.63) is 0 Å². The predicted octanol–water partition coefficient (Wildman–Crippen LogP) is 1.76. The van der Waals surface area contributed by atoms with Gasteiger partial charge in [-0.25, -0.2) is 0 Å². The van der Waals surface area contributed by atoms with Crippen LogP contribution >= 0.6 is 11.8 Å². The molecule has 0 atom stereocenters. The molecule has 0 saturated heterocycles. The Hall–Kier alpha value is 0.270. The average Bonchev–Trinajstić information content (AvgIpc) is 2.10. The highest BCUT2D eigenvalue weighted by Gasteiger charge is 1.89. The van der Waals surface area contributed by atoms with Crippen LogP contribution < -0.4 is 5.32 Å². The second-order valence-corrected chi connectivity index (χ2v) is 3.74. The van der Waals surface area contributed by atoms with Gasteiger partial charge < -0.3 is 10.1 Å². The number of hydrogen-bond donors (Lipinski definition) is 1. The van der Waals surface area contributed by atoms with Gasteiger partial charge in [-0.1, -0.05) is 6.92 Å². The molecule has 0 saturated carbocycles. The number of ether oxygens (including phenoxy) is 1. The summed E-state index contributed by atoms with van der Waals surface area (Å²) in [4.78, 5) is 0. The standard InChI is InChI=1S/C9H21NOS/c1-3-10-6-9-12-8-5-7-11-4-2/h10H,3-9H2,1-2H3. The van der Waals surface area contributed by atoms with Gasteiger partial charge in [0.05, 0.1) is 0 Å². The number of nitrogens with one attached hydrogen (secondary N) is 1. The molecule has 0 amide bonds. The molecule has 0 heterocycles. The van der Waals surface area contributed by atoms with E-state index in [4.69, 9.17) is 4.74 Å². The maximum Gasteiger partial charge on any atom is 0.0473 e. The van der Waals surface area contributed by atoms with Crippen molar-refractivity contribution in [1.82, 2.24) is 5.32 Å². The molecule has 3 heteroatoms. The van der Waals surface area contributed by atoms with E-state index < -0.39 is 0 Å². The van der Waals surface area contributed by atoms with E-state index in [0.29, 0.717) is 0 Å². The maximum atomic E-state index is 5.23. The lowest BCUT2D eigenvalue weighted by molar-refractivity contribution is 0.149. The summed E-state index contributed by atoms with van der Waals surface area (Å²) in [7, 11) is 0. The fourth-order valence-corrected chi connectivity index (χ4v) is 1.65. The van der Waals surface area contributed by atoms with Crippen molar-refractivity contribution in [3.63, 3.8) is 0 Å². The Morgan fingerprint density at radius 3 is 2.75 bits per heavy atom. The molecule has 0 rings (SSSR count). The van der Waals surface area contributed by atoms with E-state index in [9.17, 15) is 0 Å². The van der Waals surface area contributed by atoms with E-state index in [0.717, 1.165) is 26.3 Å². The van der Waals surface area contributed by atoms with E-state index in [2.05, 4.69) is 12.2 Å². The Balaban J connectivity index is 2.73. The number of rotatable bonds is 9. The van der Waals surface area contributed by atoms with Gasteiger partial charge >= 0.3 is 0 Å². The van der Waals surface area contributed by atoms with Crippen LogP contribution in [0.4, 0.5) is 0 Å². The summed E-state index contributed by atoms with van der Waals surface area (Å²) in [5.41, 5.74) is 0. The molecule has 0 fully saturated rings. The van der Waals surface area contributed by atoms with Crippen molar-refractivity contribution in [2.24, 2.45) is 0 Å². The first-order chi connectivity index (χ1) is 5.91. The van der Waals surface area contributed by atoms with E-state index in [1.165, 1.54) is 17.9 Å². The fourth-order valence-electron chi connectivity index (χ4n) is 0.831. The first-order valence-corrected chi connectivity index (χ1v) is 5.93. The van der Waals surface area contributed by atoms with Crippen LogP contribution in [0.25, 0.3) is 0 Å². The van der Waals surface area contributed by atoms with Crippen LogP contribution in [0.3, 0.4) is 0 Å². The summed E-state index contributed by atoms with van der Waals surface area (Å²) >= 11 is 2.00. The smallest absolute Gasteiger partial charge is 0.0473 e. The molecule has 0 radical (unpaired) electrons. The molecule has 0 unspecified atom stereocenters. The zero-order chi connectivity index (χ0) is 9.07. The van der Waals surface area contributed by atoms with E-state index in [1.807, 2.05) is 18.7 Å². The summed E-state index contributed by atoms with van der Waals surface area (Å²) in [6.45, 7) is 8.17. The van der Waals surface area contributed by atoms with Crippen molar-refractivity contribution in [3.8, 4) is 0 Å². The minimum absolute atomic E-state index is 0.849. The molecule has 1 N–H and O–H groups in total. The summed E-state index contributed by atoms with van der Waals surface area (Å²) in [6, 6.07) is 0. The molecule has 0 aliphatic rings. The van der Waals surface area contributed by atoms with Crippen LogP contribution in [0.1, 0.15) is 20.3 Å². The molecule has 0 spiro atoms. The van der Waals surface area contributed by atoms with Gasteiger partial charge in [0.1, 0.15) is 0 Å². The molecule has 0 aromatic carbocycles. The quantitative estimate of drug-likeness (QED) is 0.561. The normalized spacial score (nSPS) is 10.5. The second-order valence-electron chi connectivity index (χ2n) is 2.52. The van der Waals surface area contributed by atoms with Crippen LogP contribution in [0.2, 0.25) is 0 Å². The lowest BCUT2D eigenvalue weighted by Gasteiger charge is -2.02. The zero-order valence-electron chi connectivity index (χ0n) is 8.27. The third kappa shape index (κ3) is 10.3. The zero-order valence-corrected chi connectivity index (χ0v) is 9.08. The molecule has 0 aromatic rings. The van der Waals surface area contributed by atoms with Crippen LogP contribution in [-0.4, -0.2) is 37.8 Å². The Kier molecular flexibility index (Phi) is 11.5. The van der Waals surface area contributed by atoms with Gasteiger partial charge in [0.2, 0.25) is 0 Å². The van der Waals surface area contributed by atoms with Crippen molar-refractivity contribution in [1.29, 1.82) is 0 Å². The predicted molar refractivity (Wildman–Crippen MR) is 57.0 cm³/mol. The van der Waals surface area contributed by atoms with E-state index >= 15 is 0 Å². The molecule has 0 aliphatic heterocycles. The molecular weight excluding hydrogens is 170 g/mol. The van der Waals surface area contributed by atoms with E-state index in [-0.39, 0.29) is 0 Å². The molecule has 0 bridgehead atoms. The van der Waals surface area contributed by atoms with Gasteiger partial charge in [0.15, 0.2) is 0 Å². The van der Waals surface area contributed by atoms with Crippen molar-refractivity contribution >= 4 is 11.8 Å². The SMILES string of the molecule is CCNCCSCCCOCC. The average molecular weight is 191 g/mol. The van der Waals surface area contributed by atoms with Crippen LogP contribution in [0, 0.1) is 0 Å². The third-order valence-corrected chi connectivity index (χ3v) is 2.52. The van der Waals surface area contributed by atoms with Gasteiger partial charge in [0, 0.05) is 25.5 Å². The van der Waals surface area contributed by atoms with Gasteiger partial charge in [-0.3, -0.25) is 0 Å². The molecule has 0 aromatic heterocycles. The minimum atomic E-state index is 0.849. The highest BCUT2D eigenvalue weighted by Crippen LogP contribution is 2.00. The number of thioether (sulfide) groups is 1. The highest BCUT2D eigenvalue weighted by molar-refractivity contribution is 7.99. The van der Waals surface area contributed by atoms with Gasteiger partial charge in [-0.05, 0) is 25.6 Å². The summed E-state index contributed by atoms with van der Waals surface area (Å²) < 4.78 is 5.23. The first-order valence-electron chi connectivity index (χ1n) is 4.78. The second kappa shape index (κ2) is 11.3. The minimum Gasteiger partial charge on any atom is -0.382 e. The van der Waals surface area contributed by atoms with Gasteiger partial charge in [-0.2, -0.15) is 11.8 Å². The largest absolute Gasteiger partial charge is 0.382 e. The lowest BCUT2D eigenvalue weighted by atomic mass is 10.5. The monoisotopic (exact) mass is 191 g/mol. The Labute approximate surface area is 80.4 Å². The van der Waals surface area contributed by atoms with Crippen molar-refractivity contribution < 1.29 is 4.74 Å². The molecule has 12 heavy (non-hydrogen) atoms. The maximum absolute atomic E-state index is 5.23. The summed E-state index contributed by atoms with van der Waals surface area (Å²) in [5.74, 6) is 2.45. The highest BCUT2D eigenvalue weighted by atomic mass is 32.2. The lowest BCUT2D eigenvalue weighted by Crippen LogP contribution is -2.16. The van der Waals surface area contributed by atoms with Crippen molar-refractivity contribution in [2.45, 2.75) is 20.3 Å². The topological polar surface area (TPSA) is 21.3 Å². The molecule has 0 aliphatic carbocycles. The van der Waals surface area contributed by atoms with Crippen LogP contribution in [-0.2, 0) is 4.74 Å². The van der Waals surface area contributed by atoms with Crippen LogP contribution in [0.15, 0.2) is 0 Å². The molecule has 2 nitrogen and oxygen atoms in total. The fraction of sp³-hybridized carbons (Fsp3) is 1.00. The summed E-state index contributed by atoms with van der Waals surface area (Å²) in [6.07, 6.45) is 1.19. The molecule has 74 valence electrons. The Morgan fingerprint density at radius 2 is 2.08 bits per heavy atom. The Morgan fingerprint density at radius 1 is 1.25 bits per heavy atom. The first kappa shape index (κ1) is 12.3. The van der Waals surface area contributed by atoms with E-state index in [1.54, 1.807) is 0 Å². The van der Waals surface area contributed by atoms with Gasteiger partial charge in [0.25, 0.3) is 0 Å². The van der Waals surface area contributed by atoms with Gasteiger partial charge in [-0.15, -0.1) is 0 Å². The molecular formula is C9H21NOS. The van der Waals surface area contributed by atoms with Crippen LogP contribution in [0.5, 0.6) is 0 Å². The number of hydrogen-bond acceptors (Lipinski definition) is 3. The Bertz CT molecular complexity index is 70.9. The third-order valence-electron chi connectivity index (χ3n) is 1.45.